The minimum Gasteiger partial charge on any atom is -0.496 e. The molecule has 8 nitrogen and oxygen atoms in total. The van der Waals surface area contributed by atoms with Crippen molar-refractivity contribution in [3.63, 3.8) is 0 Å². The van der Waals surface area contributed by atoms with E-state index in [1.165, 1.54) is 45.6 Å². The fraction of sp³-hybridized carbons (Fsp3) is 0.192. The number of benzene rings is 3. The lowest BCUT2D eigenvalue weighted by Gasteiger charge is -2.18. The predicted octanol–water partition coefficient (Wildman–Crippen LogP) is 4.89. The van der Waals surface area contributed by atoms with E-state index in [1.54, 1.807) is 30.3 Å². The quantitative estimate of drug-likeness (QED) is 0.378. The van der Waals surface area contributed by atoms with Crippen LogP contribution >= 0.6 is 23.2 Å². The van der Waals surface area contributed by atoms with E-state index in [9.17, 15) is 19.5 Å². The monoisotopic (exact) mass is 531 g/mol. The number of ether oxygens (including phenoxy) is 3. The number of carbonyl (C=O) groups is 3. The largest absolute Gasteiger partial charge is 0.496 e. The van der Waals surface area contributed by atoms with Gasteiger partial charge in [0.25, 0.3) is 5.91 Å². The van der Waals surface area contributed by atoms with Crippen molar-refractivity contribution < 1.29 is 33.7 Å². The molecule has 0 radical (unpaired) electrons. The summed E-state index contributed by atoms with van der Waals surface area (Å²) >= 11 is 12.2. The second-order valence-corrected chi connectivity index (χ2v) is 8.42. The fourth-order valence-electron chi connectivity index (χ4n) is 3.64. The Bertz CT molecular complexity index is 1250. The second kappa shape index (κ2) is 11.8. The molecule has 0 saturated carbocycles. The van der Waals surface area contributed by atoms with E-state index < -0.39 is 23.9 Å². The van der Waals surface area contributed by atoms with Crippen molar-refractivity contribution in [2.75, 3.05) is 21.3 Å². The fourth-order valence-corrected chi connectivity index (χ4v) is 4.21. The van der Waals surface area contributed by atoms with Gasteiger partial charge < -0.3 is 24.6 Å². The van der Waals surface area contributed by atoms with Gasteiger partial charge in [0.1, 0.15) is 17.5 Å². The zero-order chi connectivity index (χ0) is 26.4. The van der Waals surface area contributed by atoms with E-state index in [4.69, 9.17) is 37.4 Å². The minimum atomic E-state index is -1.11. The highest BCUT2D eigenvalue weighted by Gasteiger charge is 2.25. The number of hydrogen-bond donors (Lipinski definition) is 2. The van der Waals surface area contributed by atoms with Gasteiger partial charge in [0.2, 0.25) is 0 Å². The molecule has 3 aromatic carbocycles. The molecule has 0 spiro atoms. The smallest absolute Gasteiger partial charge is 0.335 e. The van der Waals surface area contributed by atoms with Crippen LogP contribution < -0.4 is 14.8 Å². The van der Waals surface area contributed by atoms with Gasteiger partial charge >= 0.3 is 11.9 Å². The third-order valence-corrected chi connectivity index (χ3v) is 6.05. The highest BCUT2D eigenvalue weighted by atomic mass is 35.5. The van der Waals surface area contributed by atoms with Crippen molar-refractivity contribution in [1.29, 1.82) is 0 Å². The molecular weight excluding hydrogens is 509 g/mol. The Labute approximate surface area is 217 Å². The third-order valence-electron chi connectivity index (χ3n) is 5.42. The van der Waals surface area contributed by atoms with Gasteiger partial charge in [0.05, 0.1) is 48.1 Å². The lowest BCUT2D eigenvalue weighted by Crippen LogP contribution is -2.43. The Hall–Kier alpha value is -3.75. The molecule has 0 heterocycles. The van der Waals surface area contributed by atoms with Crippen LogP contribution in [0.3, 0.4) is 0 Å². The first kappa shape index (κ1) is 26.8. The van der Waals surface area contributed by atoms with Crippen molar-refractivity contribution in [2.24, 2.45) is 0 Å². The molecule has 0 saturated heterocycles. The molecule has 0 aliphatic rings. The van der Waals surface area contributed by atoms with Gasteiger partial charge in [-0.1, -0.05) is 53.5 Å². The summed E-state index contributed by atoms with van der Waals surface area (Å²) in [5.74, 6) is -1.69. The standard InChI is InChI=1S/C26H23Cl2NO7/c1-34-20-12-16(25(31)32)13-21(35-2)22(20)15-9-7-14(8-10-15)11-19(26(33)36-3)29-24(30)23-17(27)5-4-6-18(23)28/h4-10,12-13,19H,11H2,1-3H3,(H,29,30)(H,31,32)/t19-/m0/s1. The lowest BCUT2D eigenvalue weighted by atomic mass is 9.98. The van der Waals surface area contributed by atoms with Gasteiger partial charge in [-0.15, -0.1) is 0 Å². The first-order valence-electron chi connectivity index (χ1n) is 10.6. The number of carboxylic acids is 1. The number of hydrogen-bond acceptors (Lipinski definition) is 6. The number of aromatic carboxylic acids is 1. The van der Waals surface area contributed by atoms with Crippen LogP contribution in [0, 0.1) is 0 Å². The van der Waals surface area contributed by atoms with Gasteiger partial charge in [0, 0.05) is 6.42 Å². The molecule has 0 aliphatic heterocycles. The minimum absolute atomic E-state index is 0.0272. The van der Waals surface area contributed by atoms with Crippen LogP contribution in [0.4, 0.5) is 0 Å². The molecule has 0 fully saturated rings. The summed E-state index contributed by atoms with van der Waals surface area (Å²) in [7, 11) is 4.10. The van der Waals surface area contributed by atoms with Crippen LogP contribution in [-0.2, 0) is 16.0 Å². The van der Waals surface area contributed by atoms with Crippen LogP contribution in [-0.4, -0.2) is 50.3 Å². The van der Waals surface area contributed by atoms with E-state index >= 15 is 0 Å². The number of esters is 1. The summed E-state index contributed by atoms with van der Waals surface area (Å²) < 4.78 is 15.7. The molecule has 2 N–H and O–H groups in total. The molecule has 36 heavy (non-hydrogen) atoms. The highest BCUT2D eigenvalue weighted by molar-refractivity contribution is 6.39. The van der Waals surface area contributed by atoms with Gasteiger partial charge in [-0.2, -0.15) is 0 Å². The number of nitrogens with one attached hydrogen (secondary N) is 1. The van der Waals surface area contributed by atoms with Crippen molar-refractivity contribution in [3.05, 3.63) is 81.3 Å². The summed E-state index contributed by atoms with van der Waals surface area (Å²) in [5, 5.41) is 12.3. The predicted molar refractivity (Wildman–Crippen MR) is 135 cm³/mol. The number of carboxylic acid groups (broad SMARTS) is 1. The molecule has 3 rings (SSSR count). The van der Waals surface area contributed by atoms with Crippen LogP contribution in [0.25, 0.3) is 11.1 Å². The van der Waals surface area contributed by atoms with Crippen LogP contribution in [0.2, 0.25) is 10.0 Å². The van der Waals surface area contributed by atoms with Crippen molar-refractivity contribution in [1.82, 2.24) is 5.32 Å². The summed E-state index contributed by atoms with van der Waals surface area (Å²) in [5.41, 5.74) is 2.09. The molecule has 10 heteroatoms. The van der Waals surface area contributed by atoms with Crippen LogP contribution in [0.15, 0.2) is 54.6 Å². The van der Waals surface area contributed by atoms with E-state index in [2.05, 4.69) is 5.32 Å². The van der Waals surface area contributed by atoms with E-state index in [1.807, 2.05) is 0 Å². The van der Waals surface area contributed by atoms with E-state index in [0.717, 1.165) is 5.56 Å². The van der Waals surface area contributed by atoms with Crippen molar-refractivity contribution >= 4 is 41.0 Å². The highest BCUT2D eigenvalue weighted by Crippen LogP contribution is 2.39. The molecule has 188 valence electrons. The number of methoxy groups -OCH3 is 3. The maximum atomic E-state index is 12.8. The number of carbonyl (C=O) groups excluding carboxylic acids is 2. The normalized spacial score (nSPS) is 11.4. The molecule has 3 aromatic rings. The Morgan fingerprint density at radius 1 is 0.917 bits per heavy atom. The van der Waals surface area contributed by atoms with E-state index in [0.29, 0.717) is 22.6 Å². The molecule has 0 aromatic heterocycles. The number of rotatable bonds is 9. The molecule has 0 aliphatic carbocycles. The van der Waals surface area contributed by atoms with Gasteiger partial charge in [-0.05, 0) is 35.4 Å². The molecule has 0 bridgehead atoms. The first-order chi connectivity index (χ1) is 17.2. The van der Waals surface area contributed by atoms with E-state index in [-0.39, 0.29) is 27.6 Å². The third kappa shape index (κ3) is 5.90. The number of halogens is 2. The van der Waals surface area contributed by atoms with Gasteiger partial charge in [-0.3, -0.25) is 4.79 Å². The zero-order valence-electron chi connectivity index (χ0n) is 19.6. The maximum absolute atomic E-state index is 12.8. The van der Waals surface area contributed by atoms with Crippen molar-refractivity contribution in [2.45, 2.75) is 12.5 Å². The topological polar surface area (TPSA) is 111 Å². The Kier molecular flexibility index (Phi) is 8.79. The van der Waals surface area contributed by atoms with Crippen LogP contribution in [0.5, 0.6) is 11.5 Å². The summed E-state index contributed by atoms with van der Waals surface area (Å²) in [6.45, 7) is 0. The molecule has 1 atom stereocenters. The molecule has 1 amide bonds. The lowest BCUT2D eigenvalue weighted by molar-refractivity contribution is -0.142. The summed E-state index contributed by atoms with van der Waals surface area (Å²) in [6, 6.07) is 13.6. The van der Waals surface area contributed by atoms with Crippen molar-refractivity contribution in [3.8, 4) is 22.6 Å². The van der Waals surface area contributed by atoms with Gasteiger partial charge in [-0.25, -0.2) is 9.59 Å². The molecular formula is C26H23Cl2NO7. The SMILES string of the molecule is COC(=O)[C@H](Cc1ccc(-c2c(OC)cc(C(=O)O)cc2OC)cc1)NC(=O)c1c(Cl)cccc1Cl. The average Bonchev–Trinajstić information content (AvgIpc) is 2.87. The second-order valence-electron chi connectivity index (χ2n) is 7.61. The maximum Gasteiger partial charge on any atom is 0.335 e. The zero-order valence-corrected chi connectivity index (χ0v) is 21.1. The first-order valence-corrected chi connectivity index (χ1v) is 11.4. The Morgan fingerprint density at radius 2 is 1.47 bits per heavy atom. The summed E-state index contributed by atoms with van der Waals surface area (Å²) in [4.78, 5) is 36.6. The Morgan fingerprint density at radius 3 is 1.94 bits per heavy atom. The Balaban J connectivity index is 1.88. The van der Waals surface area contributed by atoms with Crippen LogP contribution in [0.1, 0.15) is 26.3 Å². The molecule has 0 unspecified atom stereocenters. The van der Waals surface area contributed by atoms with Gasteiger partial charge in [0.15, 0.2) is 0 Å². The number of amides is 1. The summed E-state index contributed by atoms with van der Waals surface area (Å²) in [6.07, 6.45) is 0.132. The average molecular weight is 532 g/mol.